The summed E-state index contributed by atoms with van der Waals surface area (Å²) in [6.07, 6.45) is 3.37. The maximum Gasteiger partial charge on any atom is 0.233 e. The lowest BCUT2D eigenvalue weighted by Crippen LogP contribution is -2.36. The minimum atomic E-state index is 0.105. The zero-order valence-electron chi connectivity index (χ0n) is 16.9. The predicted octanol–water partition coefficient (Wildman–Crippen LogP) is 2.97. The van der Waals surface area contributed by atoms with Crippen molar-refractivity contribution >= 4 is 17.7 Å². The first-order valence-electron chi connectivity index (χ1n) is 9.68. The second-order valence-electron chi connectivity index (χ2n) is 8.06. The number of nitrogens with two attached hydrogens (primary N) is 1. The van der Waals surface area contributed by atoms with Crippen LogP contribution >= 0.6 is 11.8 Å². The largest absolute Gasteiger partial charge is 0.486 e. The summed E-state index contributed by atoms with van der Waals surface area (Å²) in [7, 11) is 0. The van der Waals surface area contributed by atoms with Crippen LogP contribution in [0.15, 0.2) is 29.4 Å². The predicted molar refractivity (Wildman–Crippen MR) is 111 cm³/mol. The number of aromatic nitrogens is 3. The molecule has 0 saturated carbocycles. The number of likely N-dealkylation sites (tertiary alicyclic amines) is 1. The van der Waals surface area contributed by atoms with Gasteiger partial charge in [0.1, 0.15) is 12.4 Å². The van der Waals surface area contributed by atoms with Gasteiger partial charge < -0.3 is 15.5 Å². The van der Waals surface area contributed by atoms with Crippen molar-refractivity contribution in [3.05, 3.63) is 35.7 Å². The van der Waals surface area contributed by atoms with Gasteiger partial charge in [-0.05, 0) is 42.4 Å². The molecule has 0 spiro atoms. The van der Waals surface area contributed by atoms with Gasteiger partial charge in [-0.3, -0.25) is 4.79 Å². The van der Waals surface area contributed by atoms with Crippen LogP contribution in [0.3, 0.4) is 0 Å². The molecule has 2 N–H and O–H groups in total. The topological polar surface area (TPSA) is 86.3 Å². The average molecular weight is 404 g/mol. The molecule has 0 unspecified atom stereocenters. The van der Waals surface area contributed by atoms with Crippen molar-refractivity contribution in [2.45, 2.75) is 57.2 Å². The number of nitrogen functional groups attached to an aromatic ring is 1. The molecule has 1 aromatic carbocycles. The minimum absolute atomic E-state index is 0.105. The lowest BCUT2D eigenvalue weighted by molar-refractivity contribution is -0.129. The van der Waals surface area contributed by atoms with Crippen molar-refractivity contribution in [1.82, 2.24) is 19.8 Å². The zero-order valence-corrected chi connectivity index (χ0v) is 17.7. The van der Waals surface area contributed by atoms with Gasteiger partial charge in [-0.1, -0.05) is 44.7 Å². The molecule has 0 bridgehead atoms. The highest BCUT2D eigenvalue weighted by Crippen LogP contribution is 2.24. The van der Waals surface area contributed by atoms with Gasteiger partial charge in [0.05, 0.1) is 5.75 Å². The van der Waals surface area contributed by atoms with Gasteiger partial charge >= 0.3 is 0 Å². The van der Waals surface area contributed by atoms with Crippen molar-refractivity contribution < 1.29 is 9.53 Å². The second kappa shape index (κ2) is 8.86. The Hall–Kier alpha value is -2.22. The average Bonchev–Trinajstić information content (AvgIpc) is 3.04. The van der Waals surface area contributed by atoms with Crippen LogP contribution < -0.4 is 10.6 Å². The fraction of sp³-hybridized carbons (Fsp3) is 0.550. The Morgan fingerprint density at radius 2 is 1.82 bits per heavy atom. The molecule has 1 saturated heterocycles. The van der Waals surface area contributed by atoms with Crippen LogP contribution in [0.1, 0.15) is 51.4 Å². The number of amides is 1. The third-order valence-electron chi connectivity index (χ3n) is 4.86. The molecule has 0 atom stereocenters. The molecule has 152 valence electrons. The zero-order chi connectivity index (χ0) is 20.1. The Bertz CT molecular complexity index is 792. The van der Waals surface area contributed by atoms with Gasteiger partial charge in [0, 0.05) is 13.1 Å². The van der Waals surface area contributed by atoms with E-state index in [1.165, 1.54) is 28.4 Å². The summed E-state index contributed by atoms with van der Waals surface area (Å²) >= 11 is 1.31. The van der Waals surface area contributed by atoms with Crippen molar-refractivity contribution in [3.8, 4) is 5.75 Å². The maximum atomic E-state index is 12.3. The molecule has 1 aromatic heterocycles. The number of benzene rings is 1. The van der Waals surface area contributed by atoms with Crippen LogP contribution in [0.4, 0.5) is 0 Å². The van der Waals surface area contributed by atoms with E-state index >= 15 is 0 Å². The van der Waals surface area contributed by atoms with Gasteiger partial charge in [-0.25, -0.2) is 4.68 Å². The van der Waals surface area contributed by atoms with Crippen LogP contribution in [0.5, 0.6) is 5.75 Å². The fourth-order valence-corrected chi connectivity index (χ4v) is 3.84. The summed E-state index contributed by atoms with van der Waals surface area (Å²) in [5, 5.41) is 8.71. The number of hydrogen-bond acceptors (Lipinski definition) is 6. The van der Waals surface area contributed by atoms with E-state index in [0.29, 0.717) is 16.7 Å². The van der Waals surface area contributed by atoms with E-state index in [4.69, 9.17) is 10.6 Å². The van der Waals surface area contributed by atoms with E-state index in [1.54, 1.807) is 0 Å². The molecule has 2 heterocycles. The molecule has 1 fully saturated rings. The number of piperidine rings is 1. The summed E-state index contributed by atoms with van der Waals surface area (Å²) in [5.74, 6) is 7.81. The van der Waals surface area contributed by atoms with Crippen LogP contribution in [0.25, 0.3) is 0 Å². The third-order valence-corrected chi connectivity index (χ3v) is 5.78. The SMILES string of the molecule is CC(C)(C)c1ccc(OCc2nnc(SCC(=O)N3CCCCC3)n2N)cc1. The molecule has 0 aliphatic carbocycles. The highest BCUT2D eigenvalue weighted by molar-refractivity contribution is 7.99. The van der Waals surface area contributed by atoms with E-state index < -0.39 is 0 Å². The standard InChI is InChI=1S/C20H29N5O2S/c1-20(2,3)15-7-9-16(10-8-15)27-13-17-22-23-19(25(17)21)28-14-18(26)24-11-5-4-6-12-24/h7-10H,4-6,11-14,21H2,1-3H3. The molecular formula is C20H29N5O2S. The molecule has 0 radical (unpaired) electrons. The Balaban J connectivity index is 1.52. The van der Waals surface area contributed by atoms with Crippen LogP contribution in [-0.4, -0.2) is 44.5 Å². The van der Waals surface area contributed by atoms with Crippen molar-refractivity contribution in [1.29, 1.82) is 0 Å². The number of carbonyl (C=O) groups is 1. The number of hydrogen-bond donors (Lipinski definition) is 1. The molecule has 7 nitrogen and oxygen atoms in total. The number of carbonyl (C=O) groups excluding carboxylic acids is 1. The second-order valence-corrected chi connectivity index (χ2v) is 9.00. The van der Waals surface area contributed by atoms with E-state index in [9.17, 15) is 4.79 Å². The summed E-state index contributed by atoms with van der Waals surface area (Å²) in [4.78, 5) is 14.2. The fourth-order valence-electron chi connectivity index (χ4n) is 3.06. The Kier molecular flexibility index (Phi) is 6.49. The smallest absolute Gasteiger partial charge is 0.233 e. The number of ether oxygens (including phenoxy) is 1. The van der Waals surface area contributed by atoms with Gasteiger partial charge in [0.2, 0.25) is 11.1 Å². The summed E-state index contributed by atoms with van der Waals surface area (Å²) < 4.78 is 7.19. The first-order chi connectivity index (χ1) is 13.3. The molecule has 1 amide bonds. The summed E-state index contributed by atoms with van der Waals surface area (Å²) in [6, 6.07) is 8.03. The first-order valence-corrected chi connectivity index (χ1v) is 10.7. The summed E-state index contributed by atoms with van der Waals surface area (Å²) in [6.45, 7) is 8.45. The lowest BCUT2D eigenvalue weighted by Gasteiger charge is -2.26. The molecule has 3 rings (SSSR count). The number of thioether (sulfide) groups is 1. The highest BCUT2D eigenvalue weighted by atomic mass is 32.2. The number of nitrogens with zero attached hydrogens (tertiary/aromatic N) is 4. The van der Waals surface area contributed by atoms with Gasteiger partial charge in [0.15, 0.2) is 5.82 Å². The van der Waals surface area contributed by atoms with Crippen LogP contribution in [-0.2, 0) is 16.8 Å². The van der Waals surface area contributed by atoms with E-state index in [1.807, 2.05) is 17.0 Å². The maximum absolute atomic E-state index is 12.3. The molecule has 1 aliphatic heterocycles. The molecular weight excluding hydrogens is 374 g/mol. The summed E-state index contributed by atoms with van der Waals surface area (Å²) in [5.41, 5.74) is 1.35. The Labute approximate surface area is 170 Å². The van der Waals surface area contributed by atoms with Crippen molar-refractivity contribution in [3.63, 3.8) is 0 Å². The Morgan fingerprint density at radius 1 is 1.14 bits per heavy atom. The minimum Gasteiger partial charge on any atom is -0.486 e. The normalized spacial score (nSPS) is 14.9. The third kappa shape index (κ3) is 5.19. The van der Waals surface area contributed by atoms with Gasteiger partial charge in [-0.2, -0.15) is 0 Å². The van der Waals surface area contributed by atoms with Crippen molar-refractivity contribution in [2.75, 3.05) is 24.7 Å². The van der Waals surface area contributed by atoms with Crippen molar-refractivity contribution in [2.24, 2.45) is 0 Å². The molecule has 28 heavy (non-hydrogen) atoms. The lowest BCUT2D eigenvalue weighted by atomic mass is 9.87. The quantitative estimate of drug-likeness (QED) is 0.589. The highest BCUT2D eigenvalue weighted by Gasteiger charge is 2.19. The van der Waals surface area contributed by atoms with Gasteiger partial charge in [-0.15, -0.1) is 10.2 Å². The Morgan fingerprint density at radius 3 is 2.46 bits per heavy atom. The molecule has 8 heteroatoms. The van der Waals surface area contributed by atoms with E-state index in [0.717, 1.165) is 31.7 Å². The number of rotatable bonds is 6. The van der Waals surface area contributed by atoms with Crippen LogP contribution in [0.2, 0.25) is 0 Å². The molecule has 2 aromatic rings. The first kappa shape index (κ1) is 20.5. The van der Waals surface area contributed by atoms with E-state index in [2.05, 4.69) is 43.1 Å². The molecule has 1 aliphatic rings. The van der Waals surface area contributed by atoms with Gasteiger partial charge in [0.25, 0.3) is 0 Å². The van der Waals surface area contributed by atoms with Crippen LogP contribution in [0, 0.1) is 0 Å². The monoisotopic (exact) mass is 403 g/mol. The van der Waals surface area contributed by atoms with E-state index in [-0.39, 0.29) is 17.9 Å².